The Morgan fingerprint density at radius 1 is 1.64 bits per heavy atom. The molecule has 0 aromatic rings. The van der Waals surface area contributed by atoms with Gasteiger partial charge in [-0.2, -0.15) is 0 Å². The molecule has 1 heterocycles. The fourth-order valence-electron chi connectivity index (χ4n) is 1.73. The van der Waals surface area contributed by atoms with E-state index in [0.717, 1.165) is 13.1 Å². The second kappa shape index (κ2) is 4.75. The van der Waals surface area contributed by atoms with Gasteiger partial charge in [-0.05, 0) is 20.9 Å². The predicted octanol–water partition coefficient (Wildman–Crippen LogP) is -0.243. The summed E-state index contributed by atoms with van der Waals surface area (Å²) < 4.78 is 0. The molecule has 0 aliphatic carbocycles. The van der Waals surface area contributed by atoms with Gasteiger partial charge in [0.2, 0.25) is 5.91 Å². The molecule has 0 aromatic carbocycles. The number of carbonyl (C=O) groups excluding carboxylic acids is 1. The van der Waals surface area contributed by atoms with Crippen LogP contribution in [0.2, 0.25) is 0 Å². The first kappa shape index (κ1) is 11.5. The number of likely N-dealkylation sites (N-methyl/N-ethyl adjacent to an activating group) is 2. The highest BCUT2D eigenvalue weighted by atomic mass is 16.2. The summed E-state index contributed by atoms with van der Waals surface area (Å²) in [5.41, 5.74) is 0. The summed E-state index contributed by atoms with van der Waals surface area (Å²) in [4.78, 5) is 15.6. The maximum absolute atomic E-state index is 11.5. The molecule has 0 aromatic heterocycles. The quantitative estimate of drug-likeness (QED) is 0.681. The molecule has 0 bridgehead atoms. The average Bonchev–Trinajstić information content (AvgIpc) is 2.14. The van der Waals surface area contributed by atoms with Crippen LogP contribution in [0.25, 0.3) is 0 Å². The van der Waals surface area contributed by atoms with E-state index < -0.39 is 0 Å². The lowest BCUT2D eigenvalue weighted by Crippen LogP contribution is -2.55. The van der Waals surface area contributed by atoms with Crippen molar-refractivity contribution < 1.29 is 4.79 Å². The van der Waals surface area contributed by atoms with Crippen molar-refractivity contribution in [1.29, 1.82) is 0 Å². The molecule has 1 amide bonds. The van der Waals surface area contributed by atoms with Crippen LogP contribution in [0.5, 0.6) is 0 Å². The molecule has 0 saturated carbocycles. The molecule has 2 atom stereocenters. The lowest BCUT2D eigenvalue weighted by Gasteiger charge is -2.38. The fraction of sp³-hybridized carbons (Fsp3) is 0.900. The van der Waals surface area contributed by atoms with Gasteiger partial charge in [-0.15, -0.1) is 0 Å². The van der Waals surface area contributed by atoms with E-state index >= 15 is 0 Å². The van der Waals surface area contributed by atoms with Crippen molar-refractivity contribution in [2.75, 3.05) is 33.7 Å². The summed E-state index contributed by atoms with van der Waals surface area (Å²) in [6.07, 6.45) is 0. The van der Waals surface area contributed by atoms with Crippen LogP contribution < -0.4 is 5.32 Å². The number of nitrogens with zero attached hydrogens (tertiary/aromatic N) is 2. The van der Waals surface area contributed by atoms with E-state index in [2.05, 4.69) is 24.1 Å². The van der Waals surface area contributed by atoms with E-state index in [1.165, 1.54) is 0 Å². The molecule has 4 nitrogen and oxygen atoms in total. The Balaban J connectivity index is 2.46. The summed E-state index contributed by atoms with van der Waals surface area (Å²) in [5, 5.41) is 3.19. The van der Waals surface area contributed by atoms with Crippen molar-refractivity contribution >= 4 is 5.91 Å². The maximum Gasteiger partial charge on any atom is 0.236 e. The molecule has 1 aliphatic heterocycles. The van der Waals surface area contributed by atoms with Crippen LogP contribution in [0.15, 0.2) is 0 Å². The Labute approximate surface area is 86.2 Å². The van der Waals surface area contributed by atoms with E-state index in [-0.39, 0.29) is 5.91 Å². The minimum absolute atomic E-state index is 0.229. The van der Waals surface area contributed by atoms with Crippen LogP contribution in [-0.4, -0.2) is 61.5 Å². The number of carbonyl (C=O) groups is 1. The van der Waals surface area contributed by atoms with Gasteiger partial charge in [0.1, 0.15) is 0 Å². The van der Waals surface area contributed by atoms with E-state index in [4.69, 9.17) is 0 Å². The first-order valence-electron chi connectivity index (χ1n) is 5.20. The number of hydrogen-bond donors (Lipinski definition) is 1. The number of piperazine rings is 1. The second-order valence-corrected chi connectivity index (χ2v) is 4.24. The summed E-state index contributed by atoms with van der Waals surface area (Å²) in [5.74, 6) is 0.229. The largest absolute Gasteiger partial charge is 0.341 e. The van der Waals surface area contributed by atoms with E-state index in [0.29, 0.717) is 18.6 Å². The van der Waals surface area contributed by atoms with Crippen LogP contribution in [-0.2, 0) is 4.79 Å². The zero-order valence-corrected chi connectivity index (χ0v) is 9.58. The van der Waals surface area contributed by atoms with Gasteiger partial charge in [-0.25, -0.2) is 0 Å². The second-order valence-electron chi connectivity index (χ2n) is 4.24. The number of amides is 1. The normalized spacial score (nSPS) is 26.7. The van der Waals surface area contributed by atoms with Gasteiger partial charge in [0.25, 0.3) is 0 Å². The highest BCUT2D eigenvalue weighted by molar-refractivity contribution is 5.79. The van der Waals surface area contributed by atoms with Crippen LogP contribution in [0.4, 0.5) is 0 Å². The monoisotopic (exact) mass is 199 g/mol. The standard InChI is InChI=1S/C10H21N3O/c1-8(11-3)5-13-6-9(2)12(4)10(14)7-13/h8-9,11H,5-7H2,1-4H3. The van der Waals surface area contributed by atoms with Crippen LogP contribution in [0.3, 0.4) is 0 Å². The molecule has 1 saturated heterocycles. The molecule has 14 heavy (non-hydrogen) atoms. The van der Waals surface area contributed by atoms with Gasteiger partial charge < -0.3 is 10.2 Å². The molecule has 1 fully saturated rings. The van der Waals surface area contributed by atoms with Crippen molar-refractivity contribution in [1.82, 2.24) is 15.1 Å². The number of nitrogens with one attached hydrogen (secondary N) is 1. The molecule has 4 heteroatoms. The minimum atomic E-state index is 0.229. The molecule has 1 N–H and O–H groups in total. The topological polar surface area (TPSA) is 35.6 Å². The third-order valence-electron chi connectivity index (χ3n) is 2.96. The van der Waals surface area contributed by atoms with Crippen molar-refractivity contribution in [2.45, 2.75) is 25.9 Å². The predicted molar refractivity (Wildman–Crippen MR) is 57.2 cm³/mol. The van der Waals surface area contributed by atoms with Gasteiger partial charge in [0, 0.05) is 32.2 Å². The smallest absolute Gasteiger partial charge is 0.236 e. The maximum atomic E-state index is 11.5. The Kier molecular flexibility index (Phi) is 3.89. The Morgan fingerprint density at radius 3 is 2.79 bits per heavy atom. The zero-order chi connectivity index (χ0) is 10.7. The molecule has 2 unspecified atom stereocenters. The number of rotatable bonds is 3. The van der Waals surface area contributed by atoms with Crippen molar-refractivity contribution in [2.24, 2.45) is 0 Å². The van der Waals surface area contributed by atoms with Crippen molar-refractivity contribution in [3.8, 4) is 0 Å². The fourth-order valence-corrected chi connectivity index (χ4v) is 1.73. The van der Waals surface area contributed by atoms with Crippen molar-refractivity contribution in [3.05, 3.63) is 0 Å². The first-order chi connectivity index (χ1) is 6.54. The van der Waals surface area contributed by atoms with Crippen LogP contribution in [0.1, 0.15) is 13.8 Å². The summed E-state index contributed by atoms with van der Waals surface area (Å²) in [6, 6.07) is 0.777. The van der Waals surface area contributed by atoms with Gasteiger partial charge in [0.15, 0.2) is 0 Å². The lowest BCUT2D eigenvalue weighted by atomic mass is 10.2. The molecular formula is C10H21N3O. The Hall–Kier alpha value is -0.610. The summed E-state index contributed by atoms with van der Waals surface area (Å²) in [7, 11) is 3.83. The van der Waals surface area contributed by atoms with E-state index in [1.807, 2.05) is 19.0 Å². The van der Waals surface area contributed by atoms with Crippen molar-refractivity contribution in [3.63, 3.8) is 0 Å². The summed E-state index contributed by atoms with van der Waals surface area (Å²) >= 11 is 0. The van der Waals surface area contributed by atoms with E-state index in [1.54, 1.807) is 0 Å². The van der Waals surface area contributed by atoms with Crippen LogP contribution in [0, 0.1) is 0 Å². The molecule has 1 rings (SSSR count). The molecule has 0 spiro atoms. The van der Waals surface area contributed by atoms with Gasteiger partial charge >= 0.3 is 0 Å². The zero-order valence-electron chi connectivity index (χ0n) is 9.58. The third-order valence-corrected chi connectivity index (χ3v) is 2.96. The number of hydrogen-bond acceptors (Lipinski definition) is 3. The van der Waals surface area contributed by atoms with Gasteiger partial charge in [-0.1, -0.05) is 0 Å². The van der Waals surface area contributed by atoms with E-state index in [9.17, 15) is 4.79 Å². The first-order valence-corrected chi connectivity index (χ1v) is 5.20. The summed E-state index contributed by atoms with van der Waals surface area (Å²) in [6.45, 7) is 6.71. The molecule has 82 valence electrons. The van der Waals surface area contributed by atoms with Crippen LogP contribution >= 0.6 is 0 Å². The average molecular weight is 199 g/mol. The third kappa shape index (κ3) is 2.69. The molecular weight excluding hydrogens is 178 g/mol. The highest BCUT2D eigenvalue weighted by Gasteiger charge is 2.26. The van der Waals surface area contributed by atoms with Gasteiger partial charge in [0.05, 0.1) is 6.54 Å². The molecule has 1 aliphatic rings. The molecule has 0 radical (unpaired) electrons. The highest BCUT2D eigenvalue weighted by Crippen LogP contribution is 2.08. The SMILES string of the molecule is CNC(C)CN1CC(=O)N(C)C(C)C1. The minimum Gasteiger partial charge on any atom is -0.341 e. The van der Waals surface area contributed by atoms with Gasteiger partial charge in [-0.3, -0.25) is 9.69 Å². The Morgan fingerprint density at radius 2 is 2.29 bits per heavy atom. The lowest BCUT2D eigenvalue weighted by molar-refractivity contribution is -0.137. The Bertz CT molecular complexity index is 206.